The van der Waals surface area contributed by atoms with Crippen LogP contribution in [0.1, 0.15) is 48.2 Å². The quantitative estimate of drug-likeness (QED) is 0.588. The van der Waals surface area contributed by atoms with Crippen molar-refractivity contribution in [3.05, 3.63) is 41.0 Å². The molecule has 1 aromatic heterocycles. The number of nitrogens with zero attached hydrogens (tertiary/aromatic N) is 3. The number of phenols is 1. The topological polar surface area (TPSA) is 107 Å². The van der Waals surface area contributed by atoms with Gasteiger partial charge in [-0.15, -0.1) is 15.0 Å². The van der Waals surface area contributed by atoms with E-state index in [2.05, 4.69) is 10.2 Å². The summed E-state index contributed by atoms with van der Waals surface area (Å²) in [6.45, 7) is 5.93. The minimum atomic E-state index is -0.504. The summed E-state index contributed by atoms with van der Waals surface area (Å²) in [7, 11) is 1.47. The summed E-state index contributed by atoms with van der Waals surface area (Å²) >= 11 is 0. The lowest BCUT2D eigenvalue weighted by Crippen LogP contribution is -2.06. The van der Waals surface area contributed by atoms with Crippen LogP contribution in [0.5, 0.6) is 11.5 Å². The zero-order chi connectivity index (χ0) is 21.1. The molecule has 29 heavy (non-hydrogen) atoms. The zero-order valence-corrected chi connectivity index (χ0v) is 17.0. The van der Waals surface area contributed by atoms with Crippen molar-refractivity contribution in [1.82, 2.24) is 15.0 Å². The van der Waals surface area contributed by atoms with Gasteiger partial charge in [0.25, 0.3) is 0 Å². The lowest BCUT2D eigenvalue weighted by Gasteiger charge is -2.14. The average Bonchev–Trinajstić information content (AvgIpc) is 3.10. The number of benzene rings is 2. The molecule has 1 heterocycles. The van der Waals surface area contributed by atoms with E-state index < -0.39 is 5.97 Å². The van der Waals surface area contributed by atoms with Crippen LogP contribution in [0.4, 0.5) is 0 Å². The van der Waals surface area contributed by atoms with Gasteiger partial charge in [0, 0.05) is 12.7 Å². The minimum absolute atomic E-state index is 0.00361. The maximum Gasteiger partial charge on any atom is 0.341 e. The van der Waals surface area contributed by atoms with Crippen molar-refractivity contribution >= 4 is 17.0 Å². The number of carbonyl (C=O) groups is 1. The molecule has 0 unspecified atom stereocenters. The van der Waals surface area contributed by atoms with Gasteiger partial charge in [-0.05, 0) is 42.5 Å². The van der Waals surface area contributed by atoms with Gasteiger partial charge in [0.2, 0.25) is 0 Å². The van der Waals surface area contributed by atoms with Crippen molar-refractivity contribution in [3.8, 4) is 17.2 Å². The van der Waals surface area contributed by atoms with E-state index in [9.17, 15) is 15.0 Å². The second-order valence-electron chi connectivity index (χ2n) is 6.93. The molecule has 0 aliphatic heterocycles. The Morgan fingerprint density at radius 1 is 1.17 bits per heavy atom. The lowest BCUT2D eigenvalue weighted by molar-refractivity contribution is 0.0523. The number of hydrogen-bond acceptors (Lipinski definition) is 7. The normalized spacial score (nSPS) is 11.2. The molecule has 0 radical (unpaired) electrons. The van der Waals surface area contributed by atoms with Gasteiger partial charge < -0.3 is 19.7 Å². The maximum absolute atomic E-state index is 12.2. The fraction of sp³-hybridized carbons (Fsp3) is 0.381. The first-order valence-electron chi connectivity index (χ1n) is 9.48. The first-order chi connectivity index (χ1) is 13.9. The smallest absolute Gasteiger partial charge is 0.341 e. The van der Waals surface area contributed by atoms with Crippen LogP contribution >= 0.6 is 0 Å². The lowest BCUT2D eigenvalue weighted by atomic mass is 9.97. The summed E-state index contributed by atoms with van der Waals surface area (Å²) in [6, 6.07) is 6.81. The number of hydrogen-bond donors (Lipinski definition) is 2. The molecule has 8 heteroatoms. The highest BCUT2D eigenvalue weighted by molar-refractivity contribution is 5.97. The summed E-state index contributed by atoms with van der Waals surface area (Å²) in [4.78, 5) is 13.5. The van der Waals surface area contributed by atoms with Crippen LogP contribution in [0.3, 0.4) is 0 Å². The molecule has 154 valence electrons. The van der Waals surface area contributed by atoms with E-state index >= 15 is 0 Å². The first-order valence-corrected chi connectivity index (χ1v) is 9.48. The van der Waals surface area contributed by atoms with Gasteiger partial charge in [-0.2, -0.15) is 0 Å². The van der Waals surface area contributed by atoms with E-state index in [0.29, 0.717) is 28.9 Å². The Bertz CT molecular complexity index is 1040. The highest BCUT2D eigenvalue weighted by atomic mass is 16.5. The molecule has 0 aliphatic rings. The summed E-state index contributed by atoms with van der Waals surface area (Å²) < 4.78 is 10.4. The van der Waals surface area contributed by atoms with Crippen molar-refractivity contribution in [3.63, 3.8) is 0 Å². The number of phenolic OH excluding ortho intramolecular Hbond substituents is 1. The van der Waals surface area contributed by atoms with Crippen molar-refractivity contribution in [2.75, 3.05) is 20.3 Å². The standard InChI is InChI=1S/C21H25N3O5/c1-5-29-21(27)15-10-16-17(11-19(15)28-4)23-24(22-16)18-9-13(6-7-25)8-14(12(2)3)20(18)26/h8-12,25-26H,5-7H2,1-4H3. The number of carbonyl (C=O) groups excluding carboxylic acids is 1. The fourth-order valence-electron chi connectivity index (χ4n) is 3.16. The largest absolute Gasteiger partial charge is 0.505 e. The molecule has 3 aromatic rings. The van der Waals surface area contributed by atoms with Crippen molar-refractivity contribution in [1.29, 1.82) is 0 Å². The van der Waals surface area contributed by atoms with E-state index in [1.807, 2.05) is 19.9 Å². The molecule has 3 rings (SSSR count). The molecule has 0 aliphatic carbocycles. The molecule has 0 fully saturated rings. The van der Waals surface area contributed by atoms with Crippen LogP contribution < -0.4 is 4.74 Å². The molecule has 0 saturated heterocycles. The van der Waals surface area contributed by atoms with Crippen LogP contribution in [0.2, 0.25) is 0 Å². The Morgan fingerprint density at radius 2 is 1.86 bits per heavy atom. The summed E-state index contributed by atoms with van der Waals surface area (Å²) in [5, 5.41) is 29.0. The average molecular weight is 399 g/mol. The second kappa shape index (κ2) is 8.48. The third-order valence-electron chi connectivity index (χ3n) is 4.61. The number of aromatic nitrogens is 3. The van der Waals surface area contributed by atoms with Gasteiger partial charge in [0.1, 0.15) is 33.8 Å². The van der Waals surface area contributed by atoms with Crippen LogP contribution in [0.25, 0.3) is 16.7 Å². The molecule has 0 atom stereocenters. The van der Waals surface area contributed by atoms with Crippen LogP contribution in [0.15, 0.2) is 24.3 Å². The maximum atomic E-state index is 12.2. The highest BCUT2D eigenvalue weighted by Crippen LogP contribution is 2.33. The Hall–Kier alpha value is -3.13. The Kier molecular flexibility index (Phi) is 6.03. The van der Waals surface area contributed by atoms with E-state index in [-0.39, 0.29) is 30.4 Å². The SMILES string of the molecule is CCOC(=O)c1cc2nn(-c3cc(CCO)cc(C(C)C)c3O)nc2cc1OC. The molecular weight excluding hydrogens is 374 g/mol. The van der Waals surface area contributed by atoms with Gasteiger partial charge in [0.15, 0.2) is 0 Å². The molecular formula is C21H25N3O5. The Balaban J connectivity index is 2.17. The van der Waals surface area contributed by atoms with Crippen molar-refractivity contribution in [2.24, 2.45) is 0 Å². The minimum Gasteiger partial charge on any atom is -0.505 e. The van der Waals surface area contributed by atoms with Gasteiger partial charge in [0.05, 0.1) is 13.7 Å². The molecule has 0 spiro atoms. The Morgan fingerprint density at radius 3 is 2.45 bits per heavy atom. The molecule has 0 saturated carbocycles. The zero-order valence-electron chi connectivity index (χ0n) is 17.0. The predicted molar refractivity (Wildman–Crippen MR) is 108 cm³/mol. The molecule has 2 N–H and O–H groups in total. The second-order valence-corrected chi connectivity index (χ2v) is 6.93. The van der Waals surface area contributed by atoms with E-state index in [4.69, 9.17) is 9.47 Å². The third-order valence-corrected chi connectivity index (χ3v) is 4.61. The summed E-state index contributed by atoms with van der Waals surface area (Å²) in [5.74, 6) is -0.00716. The fourth-order valence-corrected chi connectivity index (χ4v) is 3.16. The number of aliphatic hydroxyl groups is 1. The molecule has 2 aromatic carbocycles. The van der Waals surface area contributed by atoms with E-state index in [0.717, 1.165) is 11.1 Å². The predicted octanol–water partition coefficient (Wildman–Crippen LogP) is 2.97. The molecule has 0 amide bonds. The van der Waals surface area contributed by atoms with Gasteiger partial charge in [-0.3, -0.25) is 0 Å². The van der Waals surface area contributed by atoms with Gasteiger partial charge in [-0.25, -0.2) is 4.79 Å². The van der Waals surface area contributed by atoms with E-state index in [1.54, 1.807) is 25.1 Å². The van der Waals surface area contributed by atoms with Crippen molar-refractivity contribution < 1.29 is 24.5 Å². The van der Waals surface area contributed by atoms with Crippen molar-refractivity contribution in [2.45, 2.75) is 33.1 Å². The Labute approximate surface area is 168 Å². The summed E-state index contributed by atoms with van der Waals surface area (Å²) in [5.41, 5.74) is 3.26. The third kappa shape index (κ3) is 4.02. The summed E-state index contributed by atoms with van der Waals surface area (Å²) in [6.07, 6.45) is 0.453. The number of aliphatic hydroxyl groups excluding tert-OH is 1. The number of methoxy groups -OCH3 is 1. The molecule has 0 bridgehead atoms. The van der Waals surface area contributed by atoms with Gasteiger partial charge >= 0.3 is 5.97 Å². The number of ether oxygens (including phenoxy) is 2. The monoisotopic (exact) mass is 399 g/mol. The van der Waals surface area contributed by atoms with Gasteiger partial charge in [-0.1, -0.05) is 19.9 Å². The van der Waals surface area contributed by atoms with Crippen LogP contribution in [0, 0.1) is 0 Å². The van der Waals surface area contributed by atoms with Crippen LogP contribution in [-0.2, 0) is 11.2 Å². The first kappa shape index (κ1) is 20.6. The number of fused-ring (bicyclic) bond motifs is 1. The highest BCUT2D eigenvalue weighted by Gasteiger charge is 2.20. The number of aromatic hydroxyl groups is 1. The van der Waals surface area contributed by atoms with Crippen LogP contribution in [-0.4, -0.2) is 51.5 Å². The number of rotatable bonds is 7. The number of esters is 1. The van der Waals surface area contributed by atoms with E-state index in [1.165, 1.54) is 11.9 Å². The molecule has 8 nitrogen and oxygen atoms in total.